The Morgan fingerprint density at radius 2 is 2.11 bits per heavy atom. The highest BCUT2D eigenvalue weighted by Crippen LogP contribution is 2.39. The largest absolute Gasteiger partial charge is 0.364 e. The molecule has 2 aromatic rings. The number of aromatic nitrogens is 4. The van der Waals surface area contributed by atoms with Crippen molar-refractivity contribution < 1.29 is 0 Å². The fourth-order valence-corrected chi connectivity index (χ4v) is 3.10. The predicted molar refractivity (Wildman–Crippen MR) is 73.2 cm³/mol. The first kappa shape index (κ1) is 11.2. The van der Waals surface area contributed by atoms with Crippen molar-refractivity contribution in [2.75, 3.05) is 5.32 Å². The molecule has 2 aromatic heterocycles. The third-order valence-corrected chi connectivity index (χ3v) is 4.33. The van der Waals surface area contributed by atoms with Crippen LogP contribution in [0.5, 0.6) is 0 Å². The molecule has 100 valence electrons. The molecule has 0 saturated heterocycles. The van der Waals surface area contributed by atoms with E-state index in [1.54, 1.807) is 0 Å². The van der Waals surface area contributed by atoms with E-state index in [2.05, 4.69) is 31.8 Å². The molecule has 19 heavy (non-hydrogen) atoms. The van der Waals surface area contributed by atoms with Crippen molar-refractivity contribution in [3.63, 3.8) is 0 Å². The van der Waals surface area contributed by atoms with Gasteiger partial charge in [-0.15, -0.1) is 10.2 Å². The molecule has 0 aromatic carbocycles. The van der Waals surface area contributed by atoms with Gasteiger partial charge in [0.1, 0.15) is 5.82 Å². The molecule has 1 N–H and O–H groups in total. The van der Waals surface area contributed by atoms with E-state index in [0.717, 1.165) is 23.2 Å². The van der Waals surface area contributed by atoms with E-state index in [-0.39, 0.29) is 0 Å². The second-order valence-electron chi connectivity index (χ2n) is 6.06. The topological polar surface area (TPSA) is 55.1 Å². The van der Waals surface area contributed by atoms with Crippen LogP contribution in [0.25, 0.3) is 5.65 Å². The summed E-state index contributed by atoms with van der Waals surface area (Å²) in [5, 5.41) is 12.2. The Balaban J connectivity index is 1.66. The van der Waals surface area contributed by atoms with E-state index in [4.69, 9.17) is 0 Å². The van der Waals surface area contributed by atoms with Gasteiger partial charge in [-0.2, -0.15) is 0 Å². The maximum atomic E-state index is 4.45. The van der Waals surface area contributed by atoms with Gasteiger partial charge in [0.15, 0.2) is 5.82 Å². The number of fused-ring (bicyclic) bond motifs is 1. The minimum Gasteiger partial charge on any atom is -0.364 e. The van der Waals surface area contributed by atoms with Crippen LogP contribution in [0.2, 0.25) is 0 Å². The lowest BCUT2D eigenvalue weighted by molar-refractivity contribution is 0.602. The first-order valence-electron chi connectivity index (χ1n) is 7.27. The van der Waals surface area contributed by atoms with E-state index in [1.165, 1.54) is 32.1 Å². The summed E-state index contributed by atoms with van der Waals surface area (Å²) in [6.45, 7) is 2.32. The van der Waals surface area contributed by atoms with Crippen molar-refractivity contribution in [1.82, 2.24) is 19.6 Å². The normalized spacial score (nSPS) is 27.0. The molecule has 2 saturated carbocycles. The molecular formula is C14H19N5. The Kier molecular flexibility index (Phi) is 2.47. The predicted octanol–water partition coefficient (Wildman–Crippen LogP) is 2.60. The van der Waals surface area contributed by atoms with Gasteiger partial charge < -0.3 is 5.32 Å². The number of anilines is 1. The molecule has 2 fully saturated rings. The molecule has 0 amide bonds. The molecule has 4 rings (SSSR count). The summed E-state index contributed by atoms with van der Waals surface area (Å²) in [5.74, 6) is 3.41. The highest BCUT2D eigenvalue weighted by atomic mass is 15.3. The SMILES string of the molecule is CC1CCC(Nc2nccn3c(C4CC4)nnc23)C1. The lowest BCUT2D eigenvalue weighted by atomic mass is 10.1. The maximum Gasteiger partial charge on any atom is 0.203 e. The van der Waals surface area contributed by atoms with Gasteiger partial charge in [0.05, 0.1) is 0 Å². The highest BCUT2D eigenvalue weighted by molar-refractivity contribution is 5.62. The Hall–Kier alpha value is -1.65. The van der Waals surface area contributed by atoms with Gasteiger partial charge in [0, 0.05) is 24.4 Å². The molecule has 0 spiro atoms. The Bertz CT molecular complexity index is 601. The van der Waals surface area contributed by atoms with Crippen LogP contribution in [-0.2, 0) is 0 Å². The summed E-state index contributed by atoms with van der Waals surface area (Å²) < 4.78 is 2.10. The second-order valence-corrected chi connectivity index (χ2v) is 6.06. The third kappa shape index (κ3) is 1.97. The molecule has 2 unspecified atom stereocenters. The number of hydrogen-bond donors (Lipinski definition) is 1. The molecular weight excluding hydrogens is 238 g/mol. The van der Waals surface area contributed by atoms with E-state index >= 15 is 0 Å². The van der Waals surface area contributed by atoms with Gasteiger partial charge in [-0.3, -0.25) is 4.40 Å². The van der Waals surface area contributed by atoms with Crippen LogP contribution in [0.15, 0.2) is 12.4 Å². The zero-order valence-corrected chi connectivity index (χ0v) is 11.2. The van der Waals surface area contributed by atoms with Crippen LogP contribution in [0, 0.1) is 5.92 Å². The monoisotopic (exact) mass is 257 g/mol. The Morgan fingerprint density at radius 3 is 2.84 bits per heavy atom. The first-order chi connectivity index (χ1) is 9.31. The summed E-state index contributed by atoms with van der Waals surface area (Å²) in [6.07, 6.45) is 10.1. The van der Waals surface area contributed by atoms with Crippen LogP contribution in [0.1, 0.15) is 50.8 Å². The summed E-state index contributed by atoms with van der Waals surface area (Å²) >= 11 is 0. The minimum absolute atomic E-state index is 0.537. The molecule has 0 aliphatic heterocycles. The first-order valence-corrected chi connectivity index (χ1v) is 7.27. The van der Waals surface area contributed by atoms with Crippen molar-refractivity contribution >= 4 is 11.5 Å². The van der Waals surface area contributed by atoms with Crippen LogP contribution in [0.3, 0.4) is 0 Å². The van der Waals surface area contributed by atoms with Crippen LogP contribution >= 0.6 is 0 Å². The summed E-state index contributed by atoms with van der Waals surface area (Å²) in [4.78, 5) is 4.45. The van der Waals surface area contributed by atoms with E-state index in [0.29, 0.717) is 12.0 Å². The molecule has 5 heteroatoms. The van der Waals surface area contributed by atoms with Gasteiger partial charge >= 0.3 is 0 Å². The molecule has 0 radical (unpaired) electrons. The quantitative estimate of drug-likeness (QED) is 0.918. The number of nitrogens with zero attached hydrogens (tertiary/aromatic N) is 4. The molecule has 2 aliphatic rings. The Labute approximate surface area is 112 Å². The van der Waals surface area contributed by atoms with Crippen molar-refractivity contribution in [1.29, 1.82) is 0 Å². The van der Waals surface area contributed by atoms with Gasteiger partial charge in [0.2, 0.25) is 5.65 Å². The summed E-state index contributed by atoms with van der Waals surface area (Å²) in [5.41, 5.74) is 0.879. The van der Waals surface area contributed by atoms with Crippen LogP contribution in [0.4, 0.5) is 5.82 Å². The molecule has 2 aliphatic carbocycles. The van der Waals surface area contributed by atoms with Crippen molar-refractivity contribution in [2.45, 2.75) is 51.0 Å². The highest BCUT2D eigenvalue weighted by Gasteiger charge is 2.29. The van der Waals surface area contributed by atoms with Crippen molar-refractivity contribution in [3.8, 4) is 0 Å². The third-order valence-electron chi connectivity index (χ3n) is 4.33. The lowest BCUT2D eigenvalue weighted by Crippen LogP contribution is -2.17. The zero-order valence-electron chi connectivity index (χ0n) is 11.2. The van der Waals surface area contributed by atoms with Gasteiger partial charge in [-0.25, -0.2) is 4.98 Å². The molecule has 2 heterocycles. The number of nitrogens with one attached hydrogen (secondary N) is 1. The van der Waals surface area contributed by atoms with Gasteiger partial charge in [0.25, 0.3) is 0 Å². The fourth-order valence-electron chi connectivity index (χ4n) is 3.10. The fraction of sp³-hybridized carbons (Fsp3) is 0.643. The molecule has 2 atom stereocenters. The number of hydrogen-bond acceptors (Lipinski definition) is 4. The van der Waals surface area contributed by atoms with Crippen molar-refractivity contribution in [3.05, 3.63) is 18.2 Å². The lowest BCUT2D eigenvalue weighted by Gasteiger charge is -2.13. The molecule has 0 bridgehead atoms. The average molecular weight is 257 g/mol. The van der Waals surface area contributed by atoms with Gasteiger partial charge in [-0.05, 0) is 38.0 Å². The zero-order chi connectivity index (χ0) is 12.8. The smallest absolute Gasteiger partial charge is 0.203 e. The van der Waals surface area contributed by atoms with E-state index in [1.807, 2.05) is 12.4 Å². The van der Waals surface area contributed by atoms with Crippen LogP contribution in [-0.4, -0.2) is 25.6 Å². The van der Waals surface area contributed by atoms with E-state index in [9.17, 15) is 0 Å². The van der Waals surface area contributed by atoms with Crippen LogP contribution < -0.4 is 5.32 Å². The standard InChI is InChI=1S/C14H19N5/c1-9-2-5-11(8-9)16-12-14-18-17-13(10-3-4-10)19(14)7-6-15-12/h6-7,9-11H,2-5,8H2,1H3,(H,15,16). The van der Waals surface area contributed by atoms with Gasteiger partial charge in [-0.1, -0.05) is 6.92 Å². The van der Waals surface area contributed by atoms with Crippen molar-refractivity contribution in [2.24, 2.45) is 5.92 Å². The molecule has 5 nitrogen and oxygen atoms in total. The Morgan fingerprint density at radius 1 is 1.21 bits per heavy atom. The average Bonchev–Trinajstić information content (AvgIpc) is 3.02. The summed E-state index contributed by atoms with van der Waals surface area (Å²) in [6, 6.07) is 0.537. The maximum absolute atomic E-state index is 4.45. The second kappa shape index (κ2) is 4.18. The minimum atomic E-state index is 0.537. The number of rotatable bonds is 3. The van der Waals surface area contributed by atoms with E-state index < -0.39 is 0 Å². The summed E-state index contributed by atoms with van der Waals surface area (Å²) in [7, 11) is 0.